The maximum Gasteiger partial charge on any atom is 0.222 e. The fourth-order valence-corrected chi connectivity index (χ4v) is 3.31. The fraction of sp³-hybridized carbons (Fsp3) is 0.273. The average molecular weight is 378 g/mol. The third kappa shape index (κ3) is 2.53. The molecule has 0 aliphatic rings. The molecule has 6 heteroatoms. The van der Waals surface area contributed by atoms with Crippen LogP contribution >= 0.6 is 43.2 Å². The van der Waals surface area contributed by atoms with E-state index in [4.69, 9.17) is 0 Å². The number of thiophene rings is 1. The van der Waals surface area contributed by atoms with E-state index in [2.05, 4.69) is 37.0 Å². The topological polar surface area (TPSA) is 34.9 Å². The van der Waals surface area contributed by atoms with Crippen molar-refractivity contribution in [3.05, 3.63) is 37.2 Å². The van der Waals surface area contributed by atoms with Gasteiger partial charge in [0.15, 0.2) is 0 Å². The van der Waals surface area contributed by atoms with E-state index in [-0.39, 0.29) is 11.8 Å². The predicted octanol–water partition coefficient (Wildman–Crippen LogP) is 4.28. The molecular formula is C11H10Br2N2OS. The van der Waals surface area contributed by atoms with Crippen molar-refractivity contribution >= 4 is 49.0 Å². The zero-order chi connectivity index (χ0) is 12.6. The molecule has 0 N–H and O–H groups in total. The number of rotatable bonds is 3. The van der Waals surface area contributed by atoms with Crippen LogP contribution in [0.3, 0.4) is 0 Å². The number of carbonyl (C=O) groups is 1. The second-order valence-electron chi connectivity index (χ2n) is 3.84. The molecule has 0 bridgehead atoms. The van der Waals surface area contributed by atoms with Gasteiger partial charge in [-0.2, -0.15) is 5.10 Å². The lowest BCUT2D eigenvalue weighted by molar-refractivity contribution is 0.103. The van der Waals surface area contributed by atoms with Gasteiger partial charge in [0.25, 0.3) is 0 Å². The van der Waals surface area contributed by atoms with Crippen LogP contribution in [0.5, 0.6) is 0 Å². The summed E-state index contributed by atoms with van der Waals surface area (Å²) in [6.07, 6.45) is 1.66. The predicted molar refractivity (Wildman–Crippen MR) is 75.8 cm³/mol. The second kappa shape index (κ2) is 5.04. The molecule has 0 aliphatic carbocycles. The smallest absolute Gasteiger partial charge is 0.222 e. The standard InChI is InChI=1S/C11H10Br2N2OS/c1-6(2)15-10(8(13)4-14-15)11(16)9-3-7(12)5-17-9/h3-6H,1-2H3. The van der Waals surface area contributed by atoms with Gasteiger partial charge >= 0.3 is 0 Å². The number of hydrogen-bond donors (Lipinski definition) is 0. The minimum absolute atomic E-state index is 0.00113. The van der Waals surface area contributed by atoms with Gasteiger partial charge in [0.1, 0.15) is 5.69 Å². The highest BCUT2D eigenvalue weighted by Crippen LogP contribution is 2.27. The molecule has 2 rings (SSSR count). The molecule has 90 valence electrons. The van der Waals surface area contributed by atoms with Gasteiger partial charge in [-0.3, -0.25) is 9.48 Å². The van der Waals surface area contributed by atoms with Crippen molar-refractivity contribution in [2.45, 2.75) is 19.9 Å². The van der Waals surface area contributed by atoms with Crippen molar-refractivity contribution in [1.82, 2.24) is 9.78 Å². The molecule has 3 nitrogen and oxygen atoms in total. The highest BCUT2D eigenvalue weighted by atomic mass is 79.9. The molecule has 2 heterocycles. The summed E-state index contributed by atoms with van der Waals surface area (Å²) in [5.74, 6) is -0.00113. The lowest BCUT2D eigenvalue weighted by atomic mass is 10.2. The summed E-state index contributed by atoms with van der Waals surface area (Å²) in [6, 6.07) is 1.99. The first-order valence-corrected chi connectivity index (χ1v) is 7.49. The quantitative estimate of drug-likeness (QED) is 0.748. The van der Waals surface area contributed by atoms with Gasteiger partial charge in [-0.15, -0.1) is 11.3 Å². The zero-order valence-electron chi connectivity index (χ0n) is 9.28. The molecule has 0 saturated carbocycles. The van der Waals surface area contributed by atoms with Crippen LogP contribution in [-0.4, -0.2) is 15.6 Å². The molecule has 0 radical (unpaired) electrons. The zero-order valence-corrected chi connectivity index (χ0v) is 13.3. The van der Waals surface area contributed by atoms with E-state index in [0.717, 1.165) is 8.95 Å². The highest BCUT2D eigenvalue weighted by molar-refractivity contribution is 9.10. The third-order valence-electron chi connectivity index (χ3n) is 2.25. The Kier molecular flexibility index (Phi) is 3.85. The maximum absolute atomic E-state index is 12.4. The Hall–Kier alpha value is -0.460. The van der Waals surface area contributed by atoms with E-state index >= 15 is 0 Å². The highest BCUT2D eigenvalue weighted by Gasteiger charge is 2.21. The van der Waals surface area contributed by atoms with Gasteiger partial charge in [-0.05, 0) is 51.8 Å². The van der Waals surface area contributed by atoms with Crippen molar-refractivity contribution in [3.8, 4) is 0 Å². The van der Waals surface area contributed by atoms with Crippen molar-refractivity contribution in [3.63, 3.8) is 0 Å². The Balaban J connectivity index is 2.47. The SMILES string of the molecule is CC(C)n1ncc(Br)c1C(=O)c1cc(Br)cs1. The normalized spacial score (nSPS) is 11.1. The van der Waals surface area contributed by atoms with Gasteiger partial charge in [0.2, 0.25) is 5.78 Å². The lowest BCUT2D eigenvalue weighted by Crippen LogP contribution is -2.13. The van der Waals surface area contributed by atoms with Crippen LogP contribution < -0.4 is 0 Å². The number of halogens is 2. The number of nitrogens with zero attached hydrogens (tertiary/aromatic N) is 2. The van der Waals surface area contributed by atoms with Crippen molar-refractivity contribution in [2.75, 3.05) is 0 Å². The van der Waals surface area contributed by atoms with Crippen LogP contribution in [0.4, 0.5) is 0 Å². The van der Waals surface area contributed by atoms with E-state index in [9.17, 15) is 4.79 Å². The molecule has 2 aromatic heterocycles. The van der Waals surface area contributed by atoms with Crippen LogP contribution in [0.1, 0.15) is 35.3 Å². The van der Waals surface area contributed by atoms with Gasteiger partial charge in [0.05, 0.1) is 15.5 Å². The van der Waals surface area contributed by atoms with Crippen LogP contribution in [0.2, 0.25) is 0 Å². The lowest BCUT2D eigenvalue weighted by Gasteiger charge is -2.09. The molecule has 0 aromatic carbocycles. The first kappa shape index (κ1) is 13.0. The largest absolute Gasteiger partial charge is 0.286 e. The van der Waals surface area contributed by atoms with Crippen molar-refractivity contribution < 1.29 is 4.79 Å². The summed E-state index contributed by atoms with van der Waals surface area (Å²) in [7, 11) is 0. The summed E-state index contributed by atoms with van der Waals surface area (Å²) in [5.41, 5.74) is 0.606. The molecule has 2 aromatic rings. The summed E-state index contributed by atoms with van der Waals surface area (Å²) in [6.45, 7) is 4.00. The summed E-state index contributed by atoms with van der Waals surface area (Å²) >= 11 is 8.16. The first-order chi connectivity index (χ1) is 8.00. The summed E-state index contributed by atoms with van der Waals surface area (Å²) in [5, 5.41) is 6.11. The van der Waals surface area contributed by atoms with Crippen molar-refractivity contribution in [1.29, 1.82) is 0 Å². The van der Waals surface area contributed by atoms with E-state index in [1.54, 1.807) is 10.9 Å². The van der Waals surface area contributed by atoms with Crippen LogP contribution in [0.15, 0.2) is 26.6 Å². The summed E-state index contributed by atoms with van der Waals surface area (Å²) < 4.78 is 3.40. The molecule has 0 aliphatic heterocycles. The molecule has 0 atom stereocenters. The number of aromatic nitrogens is 2. The van der Waals surface area contributed by atoms with Crippen LogP contribution in [0.25, 0.3) is 0 Å². The van der Waals surface area contributed by atoms with Crippen LogP contribution in [-0.2, 0) is 0 Å². The van der Waals surface area contributed by atoms with Gasteiger partial charge in [-0.25, -0.2) is 0 Å². The van der Waals surface area contributed by atoms with E-state index in [0.29, 0.717) is 10.6 Å². The number of ketones is 1. The Morgan fingerprint density at radius 1 is 1.47 bits per heavy atom. The Morgan fingerprint density at radius 3 is 2.71 bits per heavy atom. The molecule has 0 amide bonds. The molecular weight excluding hydrogens is 368 g/mol. The molecule has 0 saturated heterocycles. The maximum atomic E-state index is 12.4. The number of hydrogen-bond acceptors (Lipinski definition) is 3. The first-order valence-electron chi connectivity index (χ1n) is 5.02. The van der Waals surface area contributed by atoms with E-state index < -0.39 is 0 Å². The van der Waals surface area contributed by atoms with Crippen LogP contribution in [0, 0.1) is 0 Å². The minimum Gasteiger partial charge on any atom is -0.286 e. The van der Waals surface area contributed by atoms with Gasteiger partial charge < -0.3 is 0 Å². The van der Waals surface area contributed by atoms with Gasteiger partial charge in [-0.1, -0.05) is 0 Å². The molecule has 0 fully saturated rings. The average Bonchev–Trinajstić information content (AvgIpc) is 2.83. The Morgan fingerprint density at radius 2 is 2.18 bits per heavy atom. The van der Waals surface area contributed by atoms with E-state index in [1.165, 1.54) is 11.3 Å². The van der Waals surface area contributed by atoms with E-state index in [1.807, 2.05) is 25.3 Å². The third-order valence-corrected chi connectivity index (χ3v) is 4.52. The molecule has 0 spiro atoms. The minimum atomic E-state index is -0.00113. The molecule has 0 unspecified atom stereocenters. The monoisotopic (exact) mass is 376 g/mol. The van der Waals surface area contributed by atoms with Gasteiger partial charge in [0, 0.05) is 15.9 Å². The van der Waals surface area contributed by atoms with Crippen molar-refractivity contribution in [2.24, 2.45) is 0 Å². The fourth-order valence-electron chi connectivity index (χ4n) is 1.49. The Bertz CT molecular complexity index is 560. The summed E-state index contributed by atoms with van der Waals surface area (Å²) in [4.78, 5) is 13.1. The molecule has 17 heavy (non-hydrogen) atoms. The second-order valence-corrected chi connectivity index (χ2v) is 6.52. The Labute approximate surface area is 120 Å². The number of carbonyl (C=O) groups excluding carboxylic acids is 1.